The lowest BCUT2D eigenvalue weighted by Crippen LogP contribution is -2.21. The van der Waals surface area contributed by atoms with Crippen LogP contribution in [0.25, 0.3) is 0 Å². The Labute approximate surface area is 114 Å². The van der Waals surface area contributed by atoms with Crippen LogP contribution in [0.15, 0.2) is 0 Å². The molecule has 19 heavy (non-hydrogen) atoms. The molecule has 0 amide bonds. The van der Waals surface area contributed by atoms with E-state index in [0.717, 1.165) is 30.2 Å². The molecule has 0 saturated carbocycles. The quantitative estimate of drug-likeness (QED) is 0.631. The van der Waals surface area contributed by atoms with Crippen molar-refractivity contribution in [2.75, 3.05) is 12.0 Å². The Balaban J connectivity index is 2.40. The minimum absolute atomic E-state index is 0.0654. The topological polar surface area (TPSA) is 73.1 Å². The van der Waals surface area contributed by atoms with E-state index in [4.69, 9.17) is 15.6 Å². The number of anilines is 1. The van der Waals surface area contributed by atoms with E-state index in [9.17, 15) is 0 Å². The summed E-state index contributed by atoms with van der Waals surface area (Å²) in [5.41, 5.74) is 5.04. The second-order valence-corrected chi connectivity index (χ2v) is 5.33. The van der Waals surface area contributed by atoms with Crippen molar-refractivity contribution in [2.24, 2.45) is 11.8 Å². The van der Waals surface area contributed by atoms with Crippen LogP contribution in [0.2, 0.25) is 0 Å². The fraction of sp³-hybridized carbons (Fsp3) is 0.714. The third-order valence-corrected chi connectivity index (χ3v) is 3.54. The molecule has 0 spiro atoms. The SMILES string of the molecule is CCOC(c1nc2c(c(NN)n1)CCCC2)C(C)C. The summed E-state index contributed by atoms with van der Waals surface area (Å²) < 4.78 is 5.79. The Morgan fingerprint density at radius 1 is 1.26 bits per heavy atom. The number of hydrogen-bond acceptors (Lipinski definition) is 5. The lowest BCUT2D eigenvalue weighted by Gasteiger charge is -2.23. The van der Waals surface area contributed by atoms with Crippen LogP contribution in [-0.2, 0) is 17.6 Å². The summed E-state index contributed by atoms with van der Waals surface area (Å²) in [5.74, 6) is 7.48. The molecule has 5 heteroatoms. The first-order chi connectivity index (χ1) is 9.17. The van der Waals surface area contributed by atoms with Gasteiger partial charge in [0.2, 0.25) is 0 Å². The van der Waals surface area contributed by atoms with Gasteiger partial charge in [-0.05, 0) is 38.5 Å². The predicted octanol–water partition coefficient (Wildman–Crippen LogP) is 2.37. The highest BCUT2D eigenvalue weighted by atomic mass is 16.5. The normalized spacial score (nSPS) is 16.3. The third kappa shape index (κ3) is 3.04. The number of hydrazine groups is 1. The summed E-state index contributed by atoms with van der Waals surface area (Å²) in [6, 6.07) is 0. The maximum Gasteiger partial charge on any atom is 0.160 e. The van der Waals surface area contributed by atoms with Crippen LogP contribution in [0.1, 0.15) is 56.8 Å². The zero-order valence-electron chi connectivity index (χ0n) is 12.1. The number of ether oxygens (including phenoxy) is 1. The van der Waals surface area contributed by atoms with Gasteiger partial charge in [-0.2, -0.15) is 0 Å². The van der Waals surface area contributed by atoms with Gasteiger partial charge in [0.15, 0.2) is 5.82 Å². The van der Waals surface area contributed by atoms with E-state index in [1.807, 2.05) is 6.92 Å². The maximum absolute atomic E-state index is 5.79. The monoisotopic (exact) mass is 264 g/mol. The van der Waals surface area contributed by atoms with Gasteiger partial charge < -0.3 is 10.2 Å². The molecule has 2 rings (SSSR count). The van der Waals surface area contributed by atoms with Gasteiger partial charge in [-0.15, -0.1) is 0 Å². The Morgan fingerprint density at radius 3 is 2.63 bits per heavy atom. The molecule has 0 aromatic carbocycles. The molecule has 3 N–H and O–H groups in total. The minimum Gasteiger partial charge on any atom is -0.370 e. The highest BCUT2D eigenvalue weighted by Gasteiger charge is 2.24. The minimum atomic E-state index is -0.0654. The number of rotatable bonds is 5. The lowest BCUT2D eigenvalue weighted by atomic mass is 9.96. The van der Waals surface area contributed by atoms with Gasteiger partial charge in [-0.3, -0.25) is 0 Å². The van der Waals surface area contributed by atoms with E-state index >= 15 is 0 Å². The number of aromatic nitrogens is 2. The van der Waals surface area contributed by atoms with Crippen LogP contribution in [-0.4, -0.2) is 16.6 Å². The molecule has 106 valence electrons. The van der Waals surface area contributed by atoms with E-state index in [1.165, 1.54) is 18.4 Å². The van der Waals surface area contributed by atoms with E-state index in [1.54, 1.807) is 0 Å². The van der Waals surface area contributed by atoms with Gasteiger partial charge in [0, 0.05) is 17.9 Å². The predicted molar refractivity (Wildman–Crippen MR) is 75.7 cm³/mol. The van der Waals surface area contributed by atoms with Crippen molar-refractivity contribution in [1.29, 1.82) is 0 Å². The maximum atomic E-state index is 5.79. The van der Waals surface area contributed by atoms with Gasteiger partial charge in [0.05, 0.1) is 0 Å². The van der Waals surface area contributed by atoms with Crippen LogP contribution in [0, 0.1) is 5.92 Å². The van der Waals surface area contributed by atoms with Gasteiger partial charge in [-0.25, -0.2) is 15.8 Å². The third-order valence-electron chi connectivity index (χ3n) is 3.54. The molecule has 0 saturated heterocycles. The molecule has 1 aromatic rings. The summed E-state index contributed by atoms with van der Waals surface area (Å²) in [6.45, 7) is 6.90. The van der Waals surface area contributed by atoms with Gasteiger partial charge >= 0.3 is 0 Å². The van der Waals surface area contributed by atoms with E-state index in [0.29, 0.717) is 12.5 Å². The van der Waals surface area contributed by atoms with Gasteiger partial charge in [-0.1, -0.05) is 13.8 Å². The van der Waals surface area contributed by atoms with Crippen LogP contribution < -0.4 is 11.3 Å². The first kappa shape index (κ1) is 14.2. The molecule has 1 heterocycles. The molecule has 1 aliphatic rings. The molecule has 0 bridgehead atoms. The average molecular weight is 264 g/mol. The smallest absolute Gasteiger partial charge is 0.160 e. The molecule has 1 unspecified atom stereocenters. The molecule has 1 atom stereocenters. The summed E-state index contributed by atoms with van der Waals surface area (Å²) in [6.07, 6.45) is 4.33. The van der Waals surface area contributed by atoms with Crippen molar-refractivity contribution in [3.8, 4) is 0 Å². The van der Waals surface area contributed by atoms with Crippen molar-refractivity contribution < 1.29 is 4.74 Å². The Bertz CT molecular complexity index is 416. The van der Waals surface area contributed by atoms with Crippen LogP contribution >= 0.6 is 0 Å². The van der Waals surface area contributed by atoms with Crippen molar-refractivity contribution in [3.63, 3.8) is 0 Å². The summed E-state index contributed by atoms with van der Waals surface area (Å²) in [4.78, 5) is 9.30. The van der Waals surface area contributed by atoms with Crippen molar-refractivity contribution in [1.82, 2.24) is 9.97 Å². The van der Waals surface area contributed by atoms with Gasteiger partial charge in [0.25, 0.3) is 0 Å². The van der Waals surface area contributed by atoms with Gasteiger partial charge in [0.1, 0.15) is 11.9 Å². The van der Waals surface area contributed by atoms with Crippen molar-refractivity contribution in [3.05, 3.63) is 17.1 Å². The van der Waals surface area contributed by atoms with Crippen LogP contribution in [0.5, 0.6) is 0 Å². The summed E-state index contributed by atoms with van der Waals surface area (Å²) in [5, 5.41) is 0. The molecule has 1 aliphatic carbocycles. The summed E-state index contributed by atoms with van der Waals surface area (Å²) >= 11 is 0. The zero-order chi connectivity index (χ0) is 13.8. The largest absolute Gasteiger partial charge is 0.370 e. The number of nitrogens with one attached hydrogen (secondary N) is 1. The lowest BCUT2D eigenvalue weighted by molar-refractivity contribution is 0.0231. The van der Waals surface area contributed by atoms with Crippen LogP contribution in [0.3, 0.4) is 0 Å². The number of hydrogen-bond donors (Lipinski definition) is 2. The van der Waals surface area contributed by atoms with E-state index < -0.39 is 0 Å². The Kier molecular flexibility index (Phi) is 4.71. The highest BCUT2D eigenvalue weighted by Crippen LogP contribution is 2.29. The highest BCUT2D eigenvalue weighted by molar-refractivity contribution is 5.47. The van der Waals surface area contributed by atoms with E-state index in [-0.39, 0.29) is 6.10 Å². The first-order valence-electron chi connectivity index (χ1n) is 7.15. The Morgan fingerprint density at radius 2 is 2.00 bits per heavy atom. The number of nitrogen functional groups attached to an aromatic ring is 1. The molecule has 1 aromatic heterocycles. The number of fused-ring (bicyclic) bond motifs is 1. The van der Waals surface area contributed by atoms with Crippen molar-refractivity contribution in [2.45, 2.75) is 52.6 Å². The number of nitrogens with two attached hydrogens (primary N) is 1. The molecule has 0 fully saturated rings. The average Bonchev–Trinajstić information content (AvgIpc) is 2.43. The molecule has 0 aliphatic heterocycles. The fourth-order valence-corrected chi connectivity index (χ4v) is 2.60. The molecule has 5 nitrogen and oxygen atoms in total. The first-order valence-corrected chi connectivity index (χ1v) is 7.15. The second kappa shape index (κ2) is 6.30. The second-order valence-electron chi connectivity index (χ2n) is 5.33. The molecular formula is C14H24N4O. The van der Waals surface area contributed by atoms with E-state index in [2.05, 4.69) is 24.3 Å². The zero-order valence-corrected chi connectivity index (χ0v) is 12.1. The molecule has 0 radical (unpaired) electrons. The standard InChI is InChI=1S/C14H24N4O/c1-4-19-12(9(2)3)14-16-11-8-6-5-7-10(11)13(17-14)18-15/h9,12H,4-8,15H2,1-3H3,(H,16,17,18). The number of nitrogens with zero attached hydrogens (tertiary/aromatic N) is 2. The fourth-order valence-electron chi connectivity index (χ4n) is 2.60. The van der Waals surface area contributed by atoms with Crippen molar-refractivity contribution >= 4 is 5.82 Å². The summed E-state index contributed by atoms with van der Waals surface area (Å²) in [7, 11) is 0. The number of aryl methyl sites for hydroxylation is 1. The van der Waals surface area contributed by atoms with Crippen LogP contribution in [0.4, 0.5) is 5.82 Å². The Hall–Kier alpha value is -1.20. The molecular weight excluding hydrogens is 240 g/mol.